The summed E-state index contributed by atoms with van der Waals surface area (Å²) in [7, 11) is 0. The summed E-state index contributed by atoms with van der Waals surface area (Å²) in [4.78, 5) is 25.6. The van der Waals surface area contributed by atoms with Gasteiger partial charge in [-0.1, -0.05) is 29.8 Å². The van der Waals surface area contributed by atoms with E-state index in [9.17, 15) is 9.59 Å². The van der Waals surface area contributed by atoms with Gasteiger partial charge < -0.3 is 10.2 Å². The van der Waals surface area contributed by atoms with E-state index in [4.69, 9.17) is 0 Å². The number of nitrogens with zero attached hydrogens (tertiary/aromatic N) is 1. The van der Waals surface area contributed by atoms with Crippen LogP contribution in [-0.2, 0) is 9.59 Å². The molecule has 120 valence electrons. The van der Waals surface area contributed by atoms with Crippen LogP contribution in [0.4, 0.5) is 0 Å². The number of rotatable bonds is 5. The molecule has 1 aromatic carbocycles. The Morgan fingerprint density at radius 3 is 2.55 bits per heavy atom. The maximum absolute atomic E-state index is 12.3. The first-order chi connectivity index (χ1) is 10.5. The largest absolute Gasteiger partial charge is 0.351 e. The van der Waals surface area contributed by atoms with Gasteiger partial charge in [-0.2, -0.15) is 11.8 Å². The van der Waals surface area contributed by atoms with Crippen LogP contribution in [-0.4, -0.2) is 47.9 Å². The minimum atomic E-state index is -0.0412. The zero-order valence-corrected chi connectivity index (χ0v) is 14.3. The lowest BCUT2D eigenvalue weighted by molar-refractivity contribution is -0.130. The van der Waals surface area contributed by atoms with E-state index in [1.165, 1.54) is 18.1 Å². The number of benzene rings is 1. The fourth-order valence-electron chi connectivity index (χ4n) is 2.91. The highest BCUT2D eigenvalue weighted by Gasteiger charge is 2.36. The molecule has 1 heterocycles. The van der Waals surface area contributed by atoms with E-state index < -0.39 is 0 Å². The molecule has 2 amide bonds. The van der Waals surface area contributed by atoms with Crippen LogP contribution in [0.25, 0.3) is 0 Å². The molecule has 1 aromatic rings. The highest BCUT2D eigenvalue weighted by Crippen LogP contribution is 2.28. The Morgan fingerprint density at radius 1 is 1.27 bits per heavy atom. The molecule has 1 saturated heterocycles. The van der Waals surface area contributed by atoms with E-state index in [1.54, 1.807) is 11.8 Å². The Hall–Kier alpha value is -1.49. The lowest BCUT2D eigenvalue weighted by Crippen LogP contribution is -2.39. The zero-order valence-electron chi connectivity index (χ0n) is 13.5. The molecule has 0 spiro atoms. The van der Waals surface area contributed by atoms with Gasteiger partial charge in [0, 0.05) is 38.1 Å². The number of carbonyl (C=O) groups excluding carboxylic acids is 2. The average molecular weight is 320 g/mol. The summed E-state index contributed by atoms with van der Waals surface area (Å²) in [6.07, 6.45) is 2.57. The lowest BCUT2D eigenvalue weighted by atomic mass is 9.93. The first kappa shape index (κ1) is 16.9. The van der Waals surface area contributed by atoms with Gasteiger partial charge in [-0.15, -0.1) is 0 Å². The fourth-order valence-corrected chi connectivity index (χ4v) is 3.29. The Bertz CT molecular complexity index is 530. The van der Waals surface area contributed by atoms with Gasteiger partial charge >= 0.3 is 0 Å². The molecule has 0 aliphatic carbocycles. The van der Waals surface area contributed by atoms with Crippen molar-refractivity contribution >= 4 is 23.6 Å². The van der Waals surface area contributed by atoms with Crippen LogP contribution in [0.15, 0.2) is 24.3 Å². The van der Waals surface area contributed by atoms with Gasteiger partial charge in [0.2, 0.25) is 11.8 Å². The van der Waals surface area contributed by atoms with Crippen molar-refractivity contribution < 1.29 is 9.59 Å². The third-order valence-electron chi connectivity index (χ3n) is 4.09. The lowest BCUT2D eigenvalue weighted by Gasteiger charge is -2.19. The van der Waals surface area contributed by atoms with Gasteiger partial charge in [-0.05, 0) is 18.7 Å². The van der Waals surface area contributed by atoms with Gasteiger partial charge in [0.25, 0.3) is 0 Å². The minimum absolute atomic E-state index is 0.00145. The second kappa shape index (κ2) is 7.68. The van der Waals surface area contributed by atoms with E-state index in [0.717, 1.165) is 5.75 Å². The van der Waals surface area contributed by atoms with Crippen LogP contribution >= 0.6 is 11.8 Å². The first-order valence-electron chi connectivity index (χ1n) is 7.61. The molecule has 1 fully saturated rings. The van der Waals surface area contributed by atoms with Crippen molar-refractivity contribution in [2.45, 2.75) is 32.2 Å². The third kappa shape index (κ3) is 4.26. The Kier molecular flexibility index (Phi) is 5.89. The molecule has 0 aromatic heterocycles. The Labute approximate surface area is 136 Å². The van der Waals surface area contributed by atoms with E-state index in [2.05, 4.69) is 36.5 Å². The van der Waals surface area contributed by atoms with Gasteiger partial charge in [-0.3, -0.25) is 9.59 Å². The predicted molar refractivity (Wildman–Crippen MR) is 91.1 cm³/mol. The van der Waals surface area contributed by atoms with Crippen LogP contribution in [0.5, 0.6) is 0 Å². The molecule has 22 heavy (non-hydrogen) atoms. The van der Waals surface area contributed by atoms with Crippen LogP contribution in [0.3, 0.4) is 0 Å². The van der Waals surface area contributed by atoms with E-state index in [-0.39, 0.29) is 23.8 Å². The summed E-state index contributed by atoms with van der Waals surface area (Å²) in [5.74, 6) is 1.15. The molecule has 0 bridgehead atoms. The summed E-state index contributed by atoms with van der Waals surface area (Å²) < 4.78 is 0. The van der Waals surface area contributed by atoms with Crippen LogP contribution in [0.2, 0.25) is 0 Å². The Morgan fingerprint density at radius 2 is 1.95 bits per heavy atom. The maximum Gasteiger partial charge on any atom is 0.223 e. The SMILES string of the molecule is CSCCC(=O)N1C[C@@H](NC(C)=O)[C@H](c2ccc(C)cc2)C1. The number of thioether (sulfide) groups is 1. The molecule has 0 unspecified atom stereocenters. The van der Waals surface area contributed by atoms with Crippen molar-refractivity contribution in [2.75, 3.05) is 25.1 Å². The monoisotopic (exact) mass is 320 g/mol. The Balaban J connectivity index is 2.12. The van der Waals surface area contributed by atoms with Crippen molar-refractivity contribution in [3.05, 3.63) is 35.4 Å². The summed E-state index contributed by atoms with van der Waals surface area (Å²) in [5.41, 5.74) is 2.40. The molecule has 5 heteroatoms. The van der Waals surface area contributed by atoms with Crippen molar-refractivity contribution in [1.82, 2.24) is 10.2 Å². The number of hydrogen-bond acceptors (Lipinski definition) is 3. The normalized spacial score (nSPS) is 21.0. The zero-order chi connectivity index (χ0) is 16.1. The standard InChI is InChI=1S/C17H24N2O2S/c1-12-4-6-14(7-5-12)15-10-19(17(21)8-9-22-3)11-16(15)18-13(2)20/h4-7,15-16H,8-11H2,1-3H3,(H,18,20)/t15-,16+/m0/s1. The molecule has 0 saturated carbocycles. The van der Waals surface area contributed by atoms with Crippen LogP contribution in [0, 0.1) is 6.92 Å². The van der Waals surface area contributed by atoms with E-state index in [0.29, 0.717) is 19.5 Å². The second-order valence-corrected chi connectivity index (χ2v) is 6.85. The summed E-state index contributed by atoms with van der Waals surface area (Å²) >= 11 is 1.68. The smallest absolute Gasteiger partial charge is 0.223 e. The molecular formula is C17H24N2O2S. The van der Waals surface area contributed by atoms with Gasteiger partial charge in [-0.25, -0.2) is 0 Å². The minimum Gasteiger partial charge on any atom is -0.351 e. The quantitative estimate of drug-likeness (QED) is 0.905. The molecular weight excluding hydrogens is 296 g/mol. The number of aryl methyl sites for hydroxylation is 1. The van der Waals surface area contributed by atoms with Crippen LogP contribution in [0.1, 0.15) is 30.4 Å². The average Bonchev–Trinajstić information content (AvgIpc) is 2.88. The molecule has 1 aliphatic rings. The summed E-state index contributed by atoms with van der Waals surface area (Å²) in [6, 6.07) is 8.37. The number of nitrogens with one attached hydrogen (secondary N) is 1. The van der Waals surface area contributed by atoms with Crippen molar-refractivity contribution in [3.8, 4) is 0 Å². The number of likely N-dealkylation sites (tertiary alicyclic amines) is 1. The van der Waals surface area contributed by atoms with E-state index in [1.807, 2.05) is 11.2 Å². The van der Waals surface area contributed by atoms with Crippen molar-refractivity contribution in [3.63, 3.8) is 0 Å². The topological polar surface area (TPSA) is 49.4 Å². The van der Waals surface area contributed by atoms with Gasteiger partial charge in [0.05, 0.1) is 6.04 Å². The summed E-state index contributed by atoms with van der Waals surface area (Å²) in [5, 5.41) is 3.01. The number of carbonyl (C=O) groups is 2. The van der Waals surface area contributed by atoms with Crippen molar-refractivity contribution in [1.29, 1.82) is 0 Å². The number of hydrogen-bond donors (Lipinski definition) is 1. The molecule has 1 N–H and O–H groups in total. The molecule has 4 nitrogen and oxygen atoms in total. The fraction of sp³-hybridized carbons (Fsp3) is 0.529. The summed E-state index contributed by atoms with van der Waals surface area (Å²) in [6.45, 7) is 4.87. The molecule has 2 rings (SSSR count). The predicted octanol–water partition coefficient (Wildman–Crippen LogP) is 2.18. The van der Waals surface area contributed by atoms with Crippen LogP contribution < -0.4 is 5.32 Å². The van der Waals surface area contributed by atoms with Gasteiger partial charge in [0.1, 0.15) is 0 Å². The highest BCUT2D eigenvalue weighted by molar-refractivity contribution is 7.98. The second-order valence-electron chi connectivity index (χ2n) is 5.87. The molecule has 0 radical (unpaired) electrons. The first-order valence-corrected chi connectivity index (χ1v) is 9.01. The molecule has 2 atom stereocenters. The highest BCUT2D eigenvalue weighted by atomic mass is 32.2. The third-order valence-corrected chi connectivity index (χ3v) is 4.70. The van der Waals surface area contributed by atoms with E-state index >= 15 is 0 Å². The molecule has 1 aliphatic heterocycles. The van der Waals surface area contributed by atoms with Crippen molar-refractivity contribution in [2.24, 2.45) is 0 Å². The van der Waals surface area contributed by atoms with Gasteiger partial charge in [0.15, 0.2) is 0 Å². The number of amides is 2. The maximum atomic E-state index is 12.3.